The van der Waals surface area contributed by atoms with Crippen LogP contribution in [0.25, 0.3) is 0 Å². The lowest BCUT2D eigenvalue weighted by molar-refractivity contribution is 0.0400. The highest BCUT2D eigenvalue weighted by atomic mass is 16.6. The van der Waals surface area contributed by atoms with Crippen LogP contribution < -0.4 is 5.32 Å². The molecular formula is C14H26N2O2. The van der Waals surface area contributed by atoms with Gasteiger partial charge in [0.2, 0.25) is 0 Å². The fraction of sp³-hybridized carbons (Fsp3) is 0.929. The highest BCUT2D eigenvalue weighted by Crippen LogP contribution is 2.39. The maximum absolute atomic E-state index is 12.0. The van der Waals surface area contributed by atoms with E-state index in [9.17, 15) is 4.79 Å². The first-order chi connectivity index (χ1) is 8.31. The van der Waals surface area contributed by atoms with Gasteiger partial charge in [-0.1, -0.05) is 12.8 Å². The fourth-order valence-electron chi connectivity index (χ4n) is 3.42. The van der Waals surface area contributed by atoms with E-state index in [1.165, 1.54) is 19.3 Å². The third kappa shape index (κ3) is 2.97. The first-order valence-electron chi connectivity index (χ1n) is 7.00. The summed E-state index contributed by atoms with van der Waals surface area (Å²) in [6.07, 6.45) is 4.54. The molecule has 18 heavy (non-hydrogen) atoms. The van der Waals surface area contributed by atoms with Crippen molar-refractivity contribution in [2.45, 2.75) is 57.6 Å². The van der Waals surface area contributed by atoms with Gasteiger partial charge in [-0.15, -0.1) is 0 Å². The van der Waals surface area contributed by atoms with Crippen molar-refractivity contribution in [2.75, 3.05) is 20.1 Å². The van der Waals surface area contributed by atoms with E-state index in [1.807, 2.05) is 20.8 Å². The smallest absolute Gasteiger partial charge is 0.408 e. The van der Waals surface area contributed by atoms with E-state index in [0.29, 0.717) is 5.92 Å². The molecule has 0 spiro atoms. The van der Waals surface area contributed by atoms with E-state index in [-0.39, 0.29) is 11.6 Å². The first-order valence-corrected chi connectivity index (χ1v) is 7.00. The molecule has 4 heteroatoms. The number of amides is 1. The second kappa shape index (κ2) is 4.72. The topological polar surface area (TPSA) is 41.6 Å². The minimum Gasteiger partial charge on any atom is -0.444 e. The lowest BCUT2D eigenvalue weighted by Gasteiger charge is -2.39. The molecule has 2 rings (SSSR count). The Morgan fingerprint density at radius 2 is 2.11 bits per heavy atom. The fourth-order valence-corrected chi connectivity index (χ4v) is 3.42. The monoisotopic (exact) mass is 254 g/mol. The Bertz CT molecular complexity index is 324. The first kappa shape index (κ1) is 13.7. The van der Waals surface area contributed by atoms with Crippen LogP contribution in [0.5, 0.6) is 0 Å². The van der Waals surface area contributed by atoms with Crippen LogP contribution in [0.2, 0.25) is 0 Å². The molecule has 1 aliphatic heterocycles. The maximum atomic E-state index is 12.0. The highest BCUT2D eigenvalue weighted by molar-refractivity contribution is 5.69. The Morgan fingerprint density at radius 3 is 2.78 bits per heavy atom. The molecule has 2 unspecified atom stereocenters. The molecular weight excluding hydrogens is 228 g/mol. The Labute approximate surface area is 110 Å². The van der Waals surface area contributed by atoms with Gasteiger partial charge in [-0.2, -0.15) is 0 Å². The van der Waals surface area contributed by atoms with Crippen molar-refractivity contribution in [1.29, 1.82) is 0 Å². The van der Waals surface area contributed by atoms with Crippen LogP contribution in [0.1, 0.15) is 46.5 Å². The van der Waals surface area contributed by atoms with Crippen LogP contribution in [-0.4, -0.2) is 42.3 Å². The molecule has 0 aromatic rings. The molecule has 2 atom stereocenters. The molecule has 104 valence electrons. The number of alkyl carbamates (subject to hydrolysis) is 1. The summed E-state index contributed by atoms with van der Waals surface area (Å²) in [5.74, 6) is 0.587. The number of likely N-dealkylation sites (N-methyl/N-ethyl adjacent to an activating group) is 1. The molecule has 0 aromatic carbocycles. The zero-order valence-corrected chi connectivity index (χ0v) is 12.1. The zero-order valence-electron chi connectivity index (χ0n) is 12.1. The van der Waals surface area contributed by atoms with Crippen molar-refractivity contribution in [2.24, 2.45) is 5.92 Å². The average molecular weight is 254 g/mol. The van der Waals surface area contributed by atoms with Crippen LogP contribution in [0.4, 0.5) is 4.79 Å². The van der Waals surface area contributed by atoms with E-state index in [0.717, 1.165) is 19.5 Å². The predicted molar refractivity (Wildman–Crippen MR) is 71.6 cm³/mol. The Balaban J connectivity index is 2.03. The number of nitrogens with one attached hydrogen (secondary N) is 1. The lowest BCUT2D eigenvalue weighted by atomic mass is 9.75. The summed E-state index contributed by atoms with van der Waals surface area (Å²) in [6, 6.07) is 0. The van der Waals surface area contributed by atoms with Gasteiger partial charge in [-0.3, -0.25) is 0 Å². The summed E-state index contributed by atoms with van der Waals surface area (Å²) in [5.41, 5.74) is -0.468. The Morgan fingerprint density at radius 1 is 1.39 bits per heavy atom. The van der Waals surface area contributed by atoms with Crippen LogP contribution in [0, 0.1) is 5.92 Å². The van der Waals surface area contributed by atoms with Crippen LogP contribution in [0.3, 0.4) is 0 Å². The predicted octanol–water partition coefficient (Wildman–Crippen LogP) is 2.39. The summed E-state index contributed by atoms with van der Waals surface area (Å²) < 4.78 is 5.41. The van der Waals surface area contributed by atoms with Gasteiger partial charge in [0.25, 0.3) is 0 Å². The minimum atomic E-state index is -0.421. The van der Waals surface area contributed by atoms with Gasteiger partial charge in [-0.05, 0) is 46.6 Å². The summed E-state index contributed by atoms with van der Waals surface area (Å²) in [7, 11) is 2.14. The van der Waals surface area contributed by atoms with Crippen molar-refractivity contribution < 1.29 is 9.53 Å². The number of ether oxygens (including phenoxy) is 1. The Kier molecular flexibility index (Phi) is 3.58. The zero-order chi connectivity index (χ0) is 13.4. The molecule has 2 fully saturated rings. The van der Waals surface area contributed by atoms with E-state index in [4.69, 9.17) is 4.74 Å². The second-order valence-corrected chi connectivity index (χ2v) is 6.92. The molecule has 2 aliphatic rings. The third-order valence-corrected chi connectivity index (χ3v) is 4.04. The van der Waals surface area contributed by atoms with Gasteiger partial charge < -0.3 is 15.0 Å². The summed E-state index contributed by atoms with van der Waals surface area (Å²) in [4.78, 5) is 14.3. The molecule has 1 N–H and O–H groups in total. The maximum Gasteiger partial charge on any atom is 0.408 e. The number of nitrogens with zero attached hydrogens (tertiary/aromatic N) is 1. The summed E-state index contributed by atoms with van der Waals surface area (Å²) >= 11 is 0. The molecule has 0 aromatic heterocycles. The number of hydrogen-bond acceptors (Lipinski definition) is 3. The van der Waals surface area contributed by atoms with Gasteiger partial charge in [0.05, 0.1) is 5.54 Å². The molecule has 1 saturated carbocycles. The van der Waals surface area contributed by atoms with Crippen molar-refractivity contribution in [3.8, 4) is 0 Å². The quantitative estimate of drug-likeness (QED) is 0.781. The number of carbonyl (C=O) groups is 1. The van der Waals surface area contributed by atoms with E-state index in [1.54, 1.807) is 0 Å². The van der Waals surface area contributed by atoms with Crippen molar-refractivity contribution in [1.82, 2.24) is 10.2 Å². The van der Waals surface area contributed by atoms with Gasteiger partial charge in [0.1, 0.15) is 5.60 Å². The number of hydrogen-bond donors (Lipinski definition) is 1. The molecule has 1 amide bonds. The molecule has 0 bridgehead atoms. The largest absolute Gasteiger partial charge is 0.444 e. The van der Waals surface area contributed by atoms with Crippen molar-refractivity contribution >= 4 is 6.09 Å². The molecule has 4 nitrogen and oxygen atoms in total. The SMILES string of the molecule is CN1CC2CCCCC2(NC(=O)OC(C)(C)C)C1. The molecule has 1 saturated heterocycles. The normalized spacial score (nSPS) is 33.0. The molecule has 0 radical (unpaired) electrons. The van der Waals surface area contributed by atoms with Gasteiger partial charge in [0.15, 0.2) is 0 Å². The van der Waals surface area contributed by atoms with Gasteiger partial charge >= 0.3 is 6.09 Å². The van der Waals surface area contributed by atoms with E-state index >= 15 is 0 Å². The van der Waals surface area contributed by atoms with Gasteiger partial charge in [-0.25, -0.2) is 4.79 Å². The average Bonchev–Trinajstić information content (AvgIpc) is 2.49. The summed E-state index contributed by atoms with van der Waals surface area (Å²) in [5, 5.41) is 3.18. The minimum absolute atomic E-state index is 0.0463. The third-order valence-electron chi connectivity index (χ3n) is 4.04. The van der Waals surface area contributed by atoms with Crippen LogP contribution in [-0.2, 0) is 4.74 Å². The standard InChI is InChI=1S/C14H26N2O2/c1-13(2,3)18-12(17)15-14-8-6-5-7-11(14)9-16(4)10-14/h11H,5-10H2,1-4H3,(H,15,17). The van der Waals surface area contributed by atoms with Crippen LogP contribution >= 0.6 is 0 Å². The number of fused-ring (bicyclic) bond motifs is 1. The number of likely N-dealkylation sites (tertiary alicyclic amines) is 1. The van der Waals surface area contributed by atoms with Crippen molar-refractivity contribution in [3.63, 3.8) is 0 Å². The highest BCUT2D eigenvalue weighted by Gasteiger charge is 2.48. The number of carbonyl (C=O) groups excluding carboxylic acids is 1. The molecule has 1 heterocycles. The lowest BCUT2D eigenvalue weighted by Crippen LogP contribution is -2.56. The van der Waals surface area contributed by atoms with E-state index < -0.39 is 5.60 Å². The molecule has 1 aliphatic carbocycles. The number of rotatable bonds is 1. The van der Waals surface area contributed by atoms with Crippen LogP contribution in [0.15, 0.2) is 0 Å². The van der Waals surface area contributed by atoms with Gasteiger partial charge in [0, 0.05) is 13.1 Å². The Hall–Kier alpha value is -0.770. The summed E-state index contributed by atoms with van der Waals surface area (Å²) in [6.45, 7) is 7.77. The van der Waals surface area contributed by atoms with E-state index in [2.05, 4.69) is 17.3 Å². The van der Waals surface area contributed by atoms with Crippen molar-refractivity contribution in [3.05, 3.63) is 0 Å². The second-order valence-electron chi connectivity index (χ2n) is 6.92.